The lowest BCUT2D eigenvalue weighted by molar-refractivity contribution is -0.141. The van der Waals surface area contributed by atoms with Crippen molar-refractivity contribution in [2.24, 2.45) is 5.73 Å². The molecular formula is C17H24N2O. The van der Waals surface area contributed by atoms with Gasteiger partial charge in [0.05, 0.1) is 5.54 Å². The first-order valence-electron chi connectivity index (χ1n) is 7.80. The van der Waals surface area contributed by atoms with Gasteiger partial charge in [-0.25, -0.2) is 0 Å². The summed E-state index contributed by atoms with van der Waals surface area (Å²) >= 11 is 0. The zero-order valence-corrected chi connectivity index (χ0v) is 12.3. The van der Waals surface area contributed by atoms with Crippen molar-refractivity contribution < 1.29 is 4.79 Å². The number of nitrogens with zero attached hydrogens (tertiary/aromatic N) is 1. The molecule has 2 N–H and O–H groups in total. The summed E-state index contributed by atoms with van der Waals surface area (Å²) < 4.78 is 0. The Bertz CT molecular complexity index is 486. The van der Waals surface area contributed by atoms with E-state index < -0.39 is 5.54 Å². The second-order valence-electron chi connectivity index (χ2n) is 6.34. The van der Waals surface area contributed by atoms with Crippen LogP contribution in [0.15, 0.2) is 24.3 Å². The minimum atomic E-state index is -0.564. The van der Waals surface area contributed by atoms with E-state index in [2.05, 4.69) is 31.2 Å². The van der Waals surface area contributed by atoms with Crippen LogP contribution in [0.25, 0.3) is 0 Å². The van der Waals surface area contributed by atoms with Crippen LogP contribution in [0, 0.1) is 0 Å². The van der Waals surface area contributed by atoms with Gasteiger partial charge in [0, 0.05) is 12.6 Å². The van der Waals surface area contributed by atoms with E-state index >= 15 is 0 Å². The third kappa shape index (κ3) is 2.59. The Hall–Kier alpha value is -1.35. The van der Waals surface area contributed by atoms with Crippen molar-refractivity contribution in [1.82, 2.24) is 4.90 Å². The van der Waals surface area contributed by atoms with Crippen molar-refractivity contribution in [3.8, 4) is 0 Å². The number of nitrogens with two attached hydrogens (primary N) is 1. The largest absolute Gasteiger partial charge is 0.334 e. The molecule has 0 aliphatic heterocycles. The molecule has 20 heavy (non-hydrogen) atoms. The minimum absolute atomic E-state index is 0.172. The third-order valence-corrected chi connectivity index (χ3v) is 4.70. The molecule has 0 saturated heterocycles. The van der Waals surface area contributed by atoms with Gasteiger partial charge in [0.25, 0.3) is 0 Å². The van der Waals surface area contributed by atoms with Crippen molar-refractivity contribution >= 4 is 5.91 Å². The van der Waals surface area contributed by atoms with Crippen LogP contribution in [-0.2, 0) is 17.8 Å². The second kappa shape index (κ2) is 5.21. The summed E-state index contributed by atoms with van der Waals surface area (Å²) in [5.74, 6) is 0.172. The molecular weight excluding hydrogens is 248 g/mol. The Labute approximate surface area is 121 Å². The van der Waals surface area contributed by atoms with Gasteiger partial charge in [0.1, 0.15) is 0 Å². The van der Waals surface area contributed by atoms with Gasteiger partial charge in [-0.15, -0.1) is 0 Å². The Morgan fingerprint density at radius 3 is 2.30 bits per heavy atom. The maximum absolute atomic E-state index is 12.7. The lowest BCUT2D eigenvalue weighted by Crippen LogP contribution is -2.59. The van der Waals surface area contributed by atoms with E-state index in [1.54, 1.807) is 0 Å². The van der Waals surface area contributed by atoms with E-state index in [1.807, 2.05) is 4.90 Å². The summed E-state index contributed by atoms with van der Waals surface area (Å²) in [5.41, 5.74) is 8.21. The average Bonchev–Trinajstić information content (AvgIpc) is 3.26. The summed E-state index contributed by atoms with van der Waals surface area (Å²) in [7, 11) is 0. The van der Waals surface area contributed by atoms with Crippen LogP contribution < -0.4 is 5.73 Å². The number of aryl methyl sites for hydroxylation is 1. The number of benzene rings is 1. The monoisotopic (exact) mass is 272 g/mol. The van der Waals surface area contributed by atoms with Crippen LogP contribution in [0.3, 0.4) is 0 Å². The lowest BCUT2D eigenvalue weighted by atomic mass is 9.76. The molecule has 2 fully saturated rings. The smallest absolute Gasteiger partial charge is 0.243 e. The molecule has 2 aliphatic rings. The molecule has 0 atom stereocenters. The quantitative estimate of drug-likeness (QED) is 0.895. The first-order chi connectivity index (χ1) is 9.62. The molecule has 0 aromatic heterocycles. The van der Waals surface area contributed by atoms with Crippen LogP contribution in [0.5, 0.6) is 0 Å². The lowest BCUT2D eigenvalue weighted by Gasteiger charge is -2.40. The molecule has 0 spiro atoms. The van der Waals surface area contributed by atoms with Crippen LogP contribution in [-0.4, -0.2) is 22.4 Å². The number of carbonyl (C=O) groups excluding carboxylic acids is 1. The summed E-state index contributed by atoms with van der Waals surface area (Å²) in [5, 5.41) is 0. The molecule has 0 heterocycles. The fourth-order valence-corrected chi connectivity index (χ4v) is 2.89. The molecule has 1 aromatic rings. The Morgan fingerprint density at radius 2 is 1.85 bits per heavy atom. The highest BCUT2D eigenvalue weighted by Gasteiger charge is 2.46. The zero-order valence-electron chi connectivity index (χ0n) is 12.3. The first kappa shape index (κ1) is 13.6. The van der Waals surface area contributed by atoms with Crippen molar-refractivity contribution in [3.05, 3.63) is 35.4 Å². The molecule has 3 heteroatoms. The summed E-state index contributed by atoms with van der Waals surface area (Å²) in [6, 6.07) is 9.03. The normalized spacial score (nSPS) is 20.3. The van der Waals surface area contributed by atoms with E-state index in [4.69, 9.17) is 5.73 Å². The number of amides is 1. The highest BCUT2D eigenvalue weighted by molar-refractivity contribution is 5.87. The number of hydrogen-bond donors (Lipinski definition) is 1. The van der Waals surface area contributed by atoms with Gasteiger partial charge in [-0.3, -0.25) is 4.79 Å². The molecule has 2 saturated carbocycles. The summed E-state index contributed by atoms with van der Waals surface area (Å²) in [4.78, 5) is 14.7. The summed E-state index contributed by atoms with van der Waals surface area (Å²) in [6.07, 6.45) is 6.11. The van der Waals surface area contributed by atoms with Crippen LogP contribution >= 0.6 is 0 Å². The van der Waals surface area contributed by atoms with Gasteiger partial charge in [-0.05, 0) is 49.7 Å². The molecule has 1 amide bonds. The Morgan fingerprint density at radius 1 is 1.25 bits per heavy atom. The standard InChI is InChI=1S/C17H24N2O/c1-2-13-4-6-14(7-5-13)12-19(15-8-9-15)16(20)17(18)10-3-11-17/h4-7,15H,2-3,8-12,18H2,1H3. The molecule has 108 valence electrons. The van der Waals surface area contributed by atoms with Crippen LogP contribution in [0.1, 0.15) is 50.2 Å². The molecule has 3 nitrogen and oxygen atoms in total. The van der Waals surface area contributed by atoms with Gasteiger partial charge in [-0.2, -0.15) is 0 Å². The van der Waals surface area contributed by atoms with E-state index in [0.717, 1.165) is 38.5 Å². The topological polar surface area (TPSA) is 46.3 Å². The highest BCUT2D eigenvalue weighted by Crippen LogP contribution is 2.36. The fourth-order valence-electron chi connectivity index (χ4n) is 2.89. The van der Waals surface area contributed by atoms with E-state index in [9.17, 15) is 4.79 Å². The highest BCUT2D eigenvalue weighted by atomic mass is 16.2. The maximum atomic E-state index is 12.7. The van der Waals surface area contributed by atoms with E-state index in [-0.39, 0.29) is 5.91 Å². The van der Waals surface area contributed by atoms with Crippen molar-refractivity contribution in [2.45, 2.75) is 63.6 Å². The van der Waals surface area contributed by atoms with Crippen molar-refractivity contribution in [2.75, 3.05) is 0 Å². The van der Waals surface area contributed by atoms with Crippen LogP contribution in [0.2, 0.25) is 0 Å². The SMILES string of the molecule is CCc1ccc(CN(C(=O)C2(N)CCC2)C2CC2)cc1. The Kier molecular flexibility index (Phi) is 3.55. The van der Waals surface area contributed by atoms with Gasteiger partial charge in [0.15, 0.2) is 0 Å². The van der Waals surface area contributed by atoms with Gasteiger partial charge in [-0.1, -0.05) is 31.2 Å². The molecule has 2 aliphatic carbocycles. The molecule has 3 rings (SSSR count). The predicted octanol–water partition coefficient (Wildman–Crippen LogP) is 2.62. The van der Waals surface area contributed by atoms with Crippen LogP contribution in [0.4, 0.5) is 0 Å². The molecule has 0 bridgehead atoms. The molecule has 0 unspecified atom stereocenters. The van der Waals surface area contributed by atoms with E-state index in [0.29, 0.717) is 12.6 Å². The maximum Gasteiger partial charge on any atom is 0.243 e. The predicted molar refractivity (Wildman–Crippen MR) is 80.2 cm³/mol. The number of hydrogen-bond acceptors (Lipinski definition) is 2. The minimum Gasteiger partial charge on any atom is -0.334 e. The van der Waals surface area contributed by atoms with Gasteiger partial charge in [0.2, 0.25) is 5.91 Å². The molecule has 1 aromatic carbocycles. The zero-order chi connectivity index (χ0) is 14.2. The number of carbonyl (C=O) groups is 1. The van der Waals surface area contributed by atoms with Crippen molar-refractivity contribution in [3.63, 3.8) is 0 Å². The summed E-state index contributed by atoms with van der Waals surface area (Å²) in [6.45, 7) is 2.87. The van der Waals surface area contributed by atoms with E-state index in [1.165, 1.54) is 11.1 Å². The van der Waals surface area contributed by atoms with Gasteiger partial charge < -0.3 is 10.6 Å². The molecule has 0 radical (unpaired) electrons. The third-order valence-electron chi connectivity index (χ3n) is 4.70. The second-order valence-corrected chi connectivity index (χ2v) is 6.34. The average molecular weight is 272 g/mol. The number of rotatable bonds is 5. The Balaban J connectivity index is 1.72. The fraction of sp³-hybridized carbons (Fsp3) is 0.588. The van der Waals surface area contributed by atoms with Gasteiger partial charge >= 0.3 is 0 Å². The van der Waals surface area contributed by atoms with Crippen molar-refractivity contribution in [1.29, 1.82) is 0 Å². The first-order valence-corrected chi connectivity index (χ1v) is 7.80.